The van der Waals surface area contributed by atoms with Crippen LogP contribution in [0.1, 0.15) is 28.8 Å². The molecule has 2 aromatic rings. The largest absolute Gasteiger partial charge is 0.416 e. The van der Waals surface area contributed by atoms with E-state index in [-0.39, 0.29) is 17.6 Å². The average Bonchev–Trinajstić information content (AvgIpc) is 3.21. The van der Waals surface area contributed by atoms with E-state index in [0.717, 1.165) is 37.1 Å². The molecule has 2 aromatic carbocycles. The van der Waals surface area contributed by atoms with Crippen molar-refractivity contribution in [1.29, 1.82) is 0 Å². The Morgan fingerprint density at radius 2 is 1.79 bits per heavy atom. The number of halogens is 4. The number of carbonyl (C=O) groups is 1. The third-order valence-corrected chi connectivity index (χ3v) is 4.29. The lowest BCUT2D eigenvalue weighted by Gasteiger charge is -2.14. The summed E-state index contributed by atoms with van der Waals surface area (Å²) in [5, 5.41) is 5.43. The highest BCUT2D eigenvalue weighted by atomic mass is 19.4. The predicted molar refractivity (Wildman–Crippen MR) is 100 cm³/mol. The summed E-state index contributed by atoms with van der Waals surface area (Å²) in [5.74, 6) is -0.946. The number of hydrogen-bond donors (Lipinski definition) is 2. The molecule has 0 spiro atoms. The van der Waals surface area contributed by atoms with Crippen LogP contribution in [-0.4, -0.2) is 31.1 Å². The zero-order valence-corrected chi connectivity index (χ0v) is 15.3. The van der Waals surface area contributed by atoms with Crippen molar-refractivity contribution in [3.63, 3.8) is 0 Å². The Morgan fingerprint density at radius 1 is 1.10 bits per heavy atom. The van der Waals surface area contributed by atoms with Crippen LogP contribution >= 0.6 is 0 Å². The molecule has 0 aliphatic carbocycles. The average molecular weight is 409 g/mol. The zero-order chi connectivity index (χ0) is 20.9. The van der Waals surface area contributed by atoms with Gasteiger partial charge in [0.15, 0.2) is 0 Å². The van der Waals surface area contributed by atoms with Crippen molar-refractivity contribution >= 4 is 17.6 Å². The van der Waals surface area contributed by atoms with Gasteiger partial charge in [0.1, 0.15) is 5.82 Å². The molecule has 5 nitrogen and oxygen atoms in total. The second kappa shape index (κ2) is 9.04. The summed E-state index contributed by atoms with van der Waals surface area (Å²) in [6.45, 7) is 0.954. The summed E-state index contributed by atoms with van der Waals surface area (Å²) >= 11 is 0. The monoisotopic (exact) mass is 409 g/mol. The number of anilines is 1. The van der Waals surface area contributed by atoms with Crippen LogP contribution in [0.3, 0.4) is 0 Å². The standard InChI is InChI=1S/C20H19F4N3O2/c21-15-7-9-16(10-8-15)26-19(25-12-17-2-1-11-29-17)27-18(28)13-3-5-14(6-4-13)20(22,23)24/h3-10,17H,1-2,11-12H2,(H2,25,26,27,28)/t17-/m1/s1. The van der Waals surface area contributed by atoms with Crippen LogP contribution in [0, 0.1) is 5.82 Å². The summed E-state index contributed by atoms with van der Waals surface area (Å²) in [6, 6.07) is 9.30. The number of ether oxygens (including phenoxy) is 1. The van der Waals surface area contributed by atoms with E-state index < -0.39 is 23.5 Å². The second-order valence-electron chi connectivity index (χ2n) is 6.49. The minimum absolute atomic E-state index is 0.0451. The molecule has 1 fully saturated rings. The molecule has 29 heavy (non-hydrogen) atoms. The van der Waals surface area contributed by atoms with Gasteiger partial charge < -0.3 is 10.1 Å². The maximum atomic E-state index is 13.1. The van der Waals surface area contributed by atoms with E-state index in [0.29, 0.717) is 18.8 Å². The number of alkyl halides is 3. The van der Waals surface area contributed by atoms with E-state index in [1.807, 2.05) is 0 Å². The molecule has 1 saturated heterocycles. The van der Waals surface area contributed by atoms with Gasteiger partial charge in [0.2, 0.25) is 5.96 Å². The number of rotatable bonds is 4. The van der Waals surface area contributed by atoms with Gasteiger partial charge in [-0.25, -0.2) is 9.38 Å². The summed E-state index contributed by atoms with van der Waals surface area (Å²) in [4.78, 5) is 16.8. The number of amides is 1. The highest BCUT2D eigenvalue weighted by Gasteiger charge is 2.30. The van der Waals surface area contributed by atoms with Gasteiger partial charge in [-0.3, -0.25) is 10.1 Å². The number of aliphatic imine (C=N–C) groups is 1. The minimum atomic E-state index is -4.48. The molecule has 0 radical (unpaired) electrons. The van der Waals surface area contributed by atoms with Crippen molar-refractivity contribution in [3.05, 3.63) is 65.5 Å². The molecule has 154 valence electrons. The van der Waals surface area contributed by atoms with E-state index >= 15 is 0 Å². The first kappa shape index (κ1) is 20.8. The Hall–Kier alpha value is -2.94. The van der Waals surface area contributed by atoms with Crippen LogP contribution in [-0.2, 0) is 10.9 Å². The Balaban J connectivity index is 1.73. The van der Waals surface area contributed by atoms with E-state index in [1.54, 1.807) is 0 Å². The van der Waals surface area contributed by atoms with Gasteiger partial charge in [0.25, 0.3) is 5.91 Å². The maximum absolute atomic E-state index is 13.1. The van der Waals surface area contributed by atoms with Gasteiger partial charge in [-0.1, -0.05) is 0 Å². The van der Waals surface area contributed by atoms with E-state index in [1.165, 1.54) is 24.3 Å². The van der Waals surface area contributed by atoms with Crippen LogP contribution < -0.4 is 10.6 Å². The number of hydrogen-bond acceptors (Lipinski definition) is 3. The first-order chi connectivity index (χ1) is 13.8. The summed E-state index contributed by atoms with van der Waals surface area (Å²) in [5.41, 5.74) is -0.306. The van der Waals surface area contributed by atoms with Gasteiger partial charge in [-0.15, -0.1) is 0 Å². The first-order valence-electron chi connectivity index (χ1n) is 8.98. The molecule has 1 amide bonds. The lowest BCUT2D eigenvalue weighted by Crippen LogP contribution is -2.36. The molecule has 1 aliphatic rings. The summed E-state index contributed by atoms with van der Waals surface area (Å²) in [6.07, 6.45) is -2.77. The molecule has 0 saturated carbocycles. The molecule has 0 bridgehead atoms. The Labute approximate surface area is 164 Å². The van der Waals surface area contributed by atoms with Crippen LogP contribution in [0.4, 0.5) is 23.2 Å². The highest BCUT2D eigenvalue weighted by molar-refractivity contribution is 6.09. The van der Waals surface area contributed by atoms with Crippen LogP contribution in [0.5, 0.6) is 0 Å². The van der Waals surface area contributed by atoms with Crippen LogP contribution in [0.25, 0.3) is 0 Å². The van der Waals surface area contributed by atoms with Gasteiger partial charge in [0, 0.05) is 17.9 Å². The van der Waals surface area contributed by atoms with Crippen LogP contribution in [0.15, 0.2) is 53.5 Å². The van der Waals surface area contributed by atoms with Crippen molar-refractivity contribution < 1.29 is 27.1 Å². The van der Waals surface area contributed by atoms with E-state index in [9.17, 15) is 22.4 Å². The Bertz CT molecular complexity index is 859. The van der Waals surface area contributed by atoms with Gasteiger partial charge in [-0.05, 0) is 61.4 Å². The van der Waals surface area contributed by atoms with Gasteiger partial charge in [-0.2, -0.15) is 13.2 Å². The van der Waals surface area contributed by atoms with E-state index in [2.05, 4.69) is 15.6 Å². The zero-order valence-electron chi connectivity index (χ0n) is 15.3. The highest BCUT2D eigenvalue weighted by Crippen LogP contribution is 2.29. The minimum Gasteiger partial charge on any atom is -0.376 e. The first-order valence-corrected chi connectivity index (χ1v) is 8.98. The van der Waals surface area contributed by atoms with Crippen molar-refractivity contribution in [2.75, 3.05) is 18.5 Å². The third-order valence-electron chi connectivity index (χ3n) is 4.29. The molecule has 1 aliphatic heterocycles. The fourth-order valence-corrected chi connectivity index (χ4v) is 2.75. The predicted octanol–water partition coefficient (Wildman–Crippen LogP) is 4.22. The Morgan fingerprint density at radius 3 is 2.38 bits per heavy atom. The lowest BCUT2D eigenvalue weighted by atomic mass is 10.1. The molecule has 3 rings (SSSR count). The molecular weight excluding hydrogens is 390 g/mol. The van der Waals surface area contributed by atoms with Crippen molar-refractivity contribution in [3.8, 4) is 0 Å². The van der Waals surface area contributed by atoms with Gasteiger partial charge >= 0.3 is 6.18 Å². The molecule has 0 aromatic heterocycles. The second-order valence-corrected chi connectivity index (χ2v) is 6.49. The van der Waals surface area contributed by atoms with Gasteiger partial charge in [0.05, 0.1) is 18.2 Å². The smallest absolute Gasteiger partial charge is 0.376 e. The van der Waals surface area contributed by atoms with E-state index in [4.69, 9.17) is 4.74 Å². The molecule has 2 N–H and O–H groups in total. The van der Waals surface area contributed by atoms with Crippen LogP contribution in [0.2, 0.25) is 0 Å². The number of benzene rings is 2. The fraction of sp³-hybridized carbons (Fsp3) is 0.300. The van der Waals surface area contributed by atoms with Crippen molar-refractivity contribution in [2.24, 2.45) is 4.99 Å². The summed E-state index contributed by atoms with van der Waals surface area (Å²) < 4.78 is 56.6. The normalized spacial score (nSPS) is 17.2. The number of nitrogens with one attached hydrogen (secondary N) is 2. The topological polar surface area (TPSA) is 62.7 Å². The quantitative estimate of drug-likeness (QED) is 0.452. The molecule has 1 atom stereocenters. The fourth-order valence-electron chi connectivity index (χ4n) is 2.75. The summed E-state index contributed by atoms with van der Waals surface area (Å²) in [7, 11) is 0. The number of carbonyl (C=O) groups excluding carboxylic acids is 1. The number of nitrogens with zero attached hydrogens (tertiary/aromatic N) is 1. The molecular formula is C20H19F4N3O2. The number of guanidine groups is 1. The molecule has 1 heterocycles. The van der Waals surface area contributed by atoms with Crippen molar-refractivity contribution in [2.45, 2.75) is 25.1 Å². The lowest BCUT2D eigenvalue weighted by molar-refractivity contribution is -0.137. The van der Waals surface area contributed by atoms with Crippen molar-refractivity contribution in [1.82, 2.24) is 5.32 Å². The molecule has 0 unspecified atom stereocenters. The molecule has 9 heteroatoms. The Kier molecular flexibility index (Phi) is 6.48. The maximum Gasteiger partial charge on any atom is 0.416 e. The third kappa shape index (κ3) is 6.02. The SMILES string of the molecule is O=C(NC(=NC[C@H]1CCCO1)Nc1ccc(F)cc1)c1ccc(C(F)(F)F)cc1.